The first-order valence-corrected chi connectivity index (χ1v) is 14.9. The molecule has 4 aromatic carbocycles. The molecule has 0 aliphatic heterocycles. The topological polar surface area (TPSA) is 106 Å². The summed E-state index contributed by atoms with van der Waals surface area (Å²) in [7, 11) is 2.99. The summed E-state index contributed by atoms with van der Waals surface area (Å²) in [5, 5.41) is 8.30. The number of carbonyl (C=O) groups excluding carboxylic acids is 3. The zero-order valence-corrected chi connectivity index (χ0v) is 26.2. The summed E-state index contributed by atoms with van der Waals surface area (Å²) in [5.41, 5.74) is 3.22. The molecule has 0 fully saturated rings. The van der Waals surface area contributed by atoms with E-state index in [1.54, 1.807) is 67.6 Å². The molecule has 0 aromatic heterocycles. The van der Waals surface area contributed by atoms with Crippen molar-refractivity contribution in [2.75, 3.05) is 24.9 Å². The predicted octanol–water partition coefficient (Wildman–Crippen LogP) is 7.19. The largest absolute Gasteiger partial charge is 0.495 e. The van der Waals surface area contributed by atoms with Crippen LogP contribution in [0, 0.1) is 6.92 Å². The third-order valence-corrected chi connectivity index (χ3v) is 7.78. The van der Waals surface area contributed by atoms with E-state index in [-0.39, 0.29) is 11.6 Å². The van der Waals surface area contributed by atoms with Crippen molar-refractivity contribution in [1.82, 2.24) is 5.32 Å². The highest BCUT2D eigenvalue weighted by atomic mass is 35.5. The minimum atomic E-state index is -0.506. The van der Waals surface area contributed by atoms with Crippen molar-refractivity contribution in [3.8, 4) is 11.5 Å². The number of anilines is 2. The van der Waals surface area contributed by atoms with Crippen molar-refractivity contribution in [1.29, 1.82) is 0 Å². The molecule has 3 N–H and O–H groups in total. The second-order valence-corrected chi connectivity index (χ2v) is 11.5. The molecular formula is C34H32ClN3O5S. The van der Waals surface area contributed by atoms with Gasteiger partial charge in [0.1, 0.15) is 17.2 Å². The number of ether oxygens (including phenoxy) is 2. The molecule has 226 valence electrons. The minimum absolute atomic E-state index is 0.0855. The van der Waals surface area contributed by atoms with Crippen LogP contribution in [0.4, 0.5) is 11.4 Å². The fourth-order valence-corrected chi connectivity index (χ4v) is 5.33. The molecule has 0 spiro atoms. The molecule has 0 aliphatic rings. The molecule has 1 unspecified atom stereocenters. The van der Waals surface area contributed by atoms with E-state index in [0.717, 1.165) is 16.0 Å². The maximum atomic E-state index is 13.5. The SMILES string of the molecule is COc1cc(OC)c(NC(=O)C(C)Sc2cccc(NC(=O)/C(=C\c3cccc(C)c3)NC(=O)c3ccccc3)c2)cc1Cl. The van der Waals surface area contributed by atoms with Crippen LogP contribution >= 0.6 is 23.4 Å². The number of nitrogens with one attached hydrogen (secondary N) is 3. The summed E-state index contributed by atoms with van der Waals surface area (Å²) in [4.78, 5) is 40.2. The molecule has 0 heterocycles. The van der Waals surface area contributed by atoms with Gasteiger partial charge < -0.3 is 25.4 Å². The van der Waals surface area contributed by atoms with Gasteiger partial charge in [-0.2, -0.15) is 0 Å². The Balaban J connectivity index is 1.48. The van der Waals surface area contributed by atoms with Gasteiger partial charge in [-0.25, -0.2) is 0 Å². The first-order chi connectivity index (χ1) is 21.2. The average Bonchev–Trinajstić information content (AvgIpc) is 3.01. The third kappa shape index (κ3) is 8.65. The Morgan fingerprint density at radius 1 is 0.841 bits per heavy atom. The zero-order chi connectivity index (χ0) is 31.6. The van der Waals surface area contributed by atoms with Crippen molar-refractivity contribution in [2.45, 2.75) is 24.0 Å². The Morgan fingerprint density at radius 3 is 2.27 bits per heavy atom. The number of hydrogen-bond acceptors (Lipinski definition) is 6. The fourth-order valence-electron chi connectivity index (χ4n) is 4.16. The summed E-state index contributed by atoms with van der Waals surface area (Å²) in [6.07, 6.45) is 1.63. The van der Waals surface area contributed by atoms with Crippen LogP contribution < -0.4 is 25.4 Å². The van der Waals surface area contributed by atoms with Crippen LogP contribution in [0.3, 0.4) is 0 Å². The van der Waals surface area contributed by atoms with Gasteiger partial charge in [-0.15, -0.1) is 11.8 Å². The van der Waals surface area contributed by atoms with Crippen LogP contribution in [0.15, 0.2) is 102 Å². The summed E-state index contributed by atoms with van der Waals surface area (Å²) in [6.45, 7) is 3.72. The Labute approximate surface area is 265 Å². The summed E-state index contributed by atoms with van der Waals surface area (Å²) in [6, 6.07) is 26.6. The Kier molecular flexibility index (Phi) is 11.1. The van der Waals surface area contributed by atoms with E-state index < -0.39 is 17.1 Å². The molecule has 3 amide bonds. The number of carbonyl (C=O) groups is 3. The summed E-state index contributed by atoms with van der Waals surface area (Å²) < 4.78 is 10.6. The average molecular weight is 630 g/mol. The molecule has 1 atom stereocenters. The molecule has 8 nitrogen and oxygen atoms in total. The Morgan fingerprint density at radius 2 is 1.57 bits per heavy atom. The van der Waals surface area contributed by atoms with Gasteiger partial charge in [0.25, 0.3) is 11.8 Å². The second-order valence-electron chi connectivity index (χ2n) is 9.71. The quantitative estimate of drug-likeness (QED) is 0.120. The molecule has 0 aliphatic carbocycles. The van der Waals surface area contributed by atoms with Crippen LogP contribution in [0.2, 0.25) is 5.02 Å². The standard InChI is InChI=1S/C34H32ClN3O5S/c1-21-10-8-11-23(16-21)17-29(38-33(40)24-12-6-5-7-13-24)34(41)36-25-14-9-15-26(18-25)44-22(2)32(39)37-28-19-27(35)30(42-3)20-31(28)43-4/h5-20,22H,1-4H3,(H,36,41)(H,37,39)(H,38,40)/b29-17+. The number of halogens is 1. The van der Waals surface area contributed by atoms with Gasteiger partial charge in [0.15, 0.2) is 0 Å². The molecule has 0 saturated carbocycles. The Hall–Kier alpha value is -4.73. The molecule has 0 saturated heterocycles. The maximum absolute atomic E-state index is 13.5. The van der Waals surface area contributed by atoms with Gasteiger partial charge in [-0.05, 0) is 61.9 Å². The predicted molar refractivity (Wildman–Crippen MR) is 177 cm³/mol. The van der Waals surface area contributed by atoms with E-state index in [1.807, 2.05) is 43.3 Å². The van der Waals surface area contributed by atoms with Crippen molar-refractivity contribution >= 4 is 58.5 Å². The summed E-state index contributed by atoms with van der Waals surface area (Å²) >= 11 is 7.56. The van der Waals surface area contributed by atoms with Gasteiger partial charge in [-0.3, -0.25) is 14.4 Å². The number of benzene rings is 4. The first kappa shape index (κ1) is 32.2. The fraction of sp³-hybridized carbons (Fsp3) is 0.147. The highest BCUT2D eigenvalue weighted by molar-refractivity contribution is 8.00. The van der Waals surface area contributed by atoms with E-state index in [9.17, 15) is 14.4 Å². The molecule has 0 bridgehead atoms. The molecule has 0 radical (unpaired) electrons. The molecular weight excluding hydrogens is 598 g/mol. The highest BCUT2D eigenvalue weighted by Gasteiger charge is 2.19. The van der Waals surface area contributed by atoms with Gasteiger partial charge in [-0.1, -0.05) is 65.7 Å². The van der Waals surface area contributed by atoms with Crippen LogP contribution in [0.1, 0.15) is 28.4 Å². The van der Waals surface area contributed by atoms with E-state index in [1.165, 1.54) is 26.0 Å². The lowest BCUT2D eigenvalue weighted by molar-refractivity contribution is -0.115. The van der Waals surface area contributed by atoms with Crippen molar-refractivity contribution < 1.29 is 23.9 Å². The number of rotatable bonds is 11. The van der Waals surface area contributed by atoms with Crippen LogP contribution in [-0.2, 0) is 9.59 Å². The number of amides is 3. The molecule has 10 heteroatoms. The number of aryl methyl sites for hydroxylation is 1. The van der Waals surface area contributed by atoms with E-state index in [0.29, 0.717) is 33.5 Å². The second kappa shape index (κ2) is 15.1. The molecule has 44 heavy (non-hydrogen) atoms. The van der Waals surface area contributed by atoms with Gasteiger partial charge in [0.2, 0.25) is 5.91 Å². The van der Waals surface area contributed by atoms with E-state index in [4.69, 9.17) is 21.1 Å². The van der Waals surface area contributed by atoms with Gasteiger partial charge in [0, 0.05) is 22.2 Å². The van der Waals surface area contributed by atoms with Gasteiger partial charge in [0.05, 0.1) is 30.2 Å². The summed E-state index contributed by atoms with van der Waals surface area (Å²) in [5.74, 6) is -0.323. The smallest absolute Gasteiger partial charge is 0.272 e. The van der Waals surface area contributed by atoms with Crippen LogP contribution in [0.25, 0.3) is 6.08 Å². The van der Waals surface area contributed by atoms with E-state index >= 15 is 0 Å². The lowest BCUT2D eigenvalue weighted by atomic mass is 10.1. The lowest BCUT2D eigenvalue weighted by Gasteiger charge is -2.16. The molecule has 4 rings (SSSR count). The first-order valence-electron chi connectivity index (χ1n) is 13.6. The minimum Gasteiger partial charge on any atom is -0.495 e. The van der Waals surface area contributed by atoms with Gasteiger partial charge >= 0.3 is 0 Å². The van der Waals surface area contributed by atoms with Crippen molar-refractivity contribution in [3.05, 3.63) is 118 Å². The lowest BCUT2D eigenvalue weighted by Crippen LogP contribution is -2.30. The van der Waals surface area contributed by atoms with E-state index in [2.05, 4.69) is 16.0 Å². The van der Waals surface area contributed by atoms with Crippen molar-refractivity contribution in [2.24, 2.45) is 0 Å². The monoisotopic (exact) mass is 629 g/mol. The maximum Gasteiger partial charge on any atom is 0.272 e. The normalized spacial score (nSPS) is 11.7. The molecule has 4 aromatic rings. The van der Waals surface area contributed by atoms with Crippen LogP contribution in [0.5, 0.6) is 11.5 Å². The Bertz CT molecular complexity index is 1690. The van der Waals surface area contributed by atoms with Crippen molar-refractivity contribution in [3.63, 3.8) is 0 Å². The number of thioether (sulfide) groups is 1. The van der Waals surface area contributed by atoms with Crippen LogP contribution in [-0.4, -0.2) is 37.2 Å². The number of hydrogen-bond donors (Lipinski definition) is 3. The third-order valence-electron chi connectivity index (χ3n) is 6.39. The number of methoxy groups -OCH3 is 2. The zero-order valence-electron chi connectivity index (χ0n) is 24.6. The highest BCUT2D eigenvalue weighted by Crippen LogP contribution is 2.36.